The third-order valence-electron chi connectivity index (χ3n) is 6.28. The van der Waals surface area contributed by atoms with Gasteiger partial charge in [0.1, 0.15) is 5.75 Å². The summed E-state index contributed by atoms with van der Waals surface area (Å²) >= 11 is 0. The highest BCUT2D eigenvalue weighted by atomic mass is 32.3. The average Bonchev–Trinajstić information content (AvgIpc) is 2.97. The van der Waals surface area contributed by atoms with E-state index in [0.717, 1.165) is 12.1 Å². The predicted molar refractivity (Wildman–Crippen MR) is 103 cm³/mol. The average molecular weight is 448 g/mol. The number of ketones is 2. The molecule has 3 aliphatic rings. The van der Waals surface area contributed by atoms with Crippen LogP contribution in [0.25, 0.3) is 10.8 Å². The van der Waals surface area contributed by atoms with E-state index in [1.54, 1.807) is 6.92 Å². The van der Waals surface area contributed by atoms with Crippen molar-refractivity contribution < 1.29 is 46.8 Å². The maximum absolute atomic E-state index is 13.2. The Bertz CT molecular complexity index is 1360. The lowest BCUT2D eigenvalue weighted by atomic mass is 9.59. The quantitative estimate of drug-likeness (QED) is 0.484. The molecule has 10 nitrogen and oxygen atoms in total. The zero-order valence-corrected chi connectivity index (χ0v) is 16.8. The molecule has 0 aromatic heterocycles. The molecule has 1 aliphatic heterocycles. The summed E-state index contributed by atoms with van der Waals surface area (Å²) in [5.41, 5.74) is -1.02. The minimum Gasteiger partial charge on any atom is -0.507 e. The fourth-order valence-electron chi connectivity index (χ4n) is 4.96. The summed E-state index contributed by atoms with van der Waals surface area (Å²) in [6.45, 7) is 1.67. The Hall–Kier alpha value is -2.83. The zero-order valence-electron chi connectivity index (χ0n) is 15.9. The van der Waals surface area contributed by atoms with Gasteiger partial charge >= 0.3 is 10.4 Å². The van der Waals surface area contributed by atoms with Crippen molar-refractivity contribution in [2.24, 2.45) is 0 Å². The van der Waals surface area contributed by atoms with Crippen LogP contribution in [0.1, 0.15) is 35.7 Å². The summed E-state index contributed by atoms with van der Waals surface area (Å²) < 4.78 is 41.4. The number of aromatic hydroxyl groups is 1. The Morgan fingerprint density at radius 3 is 2.58 bits per heavy atom. The molecule has 3 atom stereocenters. The van der Waals surface area contributed by atoms with Crippen LogP contribution in [-0.2, 0) is 25.3 Å². The van der Waals surface area contributed by atoms with E-state index in [9.17, 15) is 33.3 Å². The number of fused-ring (bicyclic) bond motifs is 3. The second-order valence-corrected chi connectivity index (χ2v) is 9.05. The second kappa shape index (κ2) is 5.90. The summed E-state index contributed by atoms with van der Waals surface area (Å²) in [5, 5.41) is 31.7. The van der Waals surface area contributed by atoms with E-state index in [2.05, 4.69) is 4.18 Å². The summed E-state index contributed by atoms with van der Waals surface area (Å²) in [5.74, 6) is -4.52. The molecular formula is C20H16O10S. The van der Waals surface area contributed by atoms with Gasteiger partial charge in [-0.15, -0.1) is 0 Å². The number of phenols is 1. The standard InChI is InChI=1S/C20H16O10S/c1-19-5-4-13(22)15-16(19)20(25,29-18(15)24)17(23)10-6-8-9(7-11(10)19)14(3-2-12(8)21)30-31(26,27)28/h2-3,6-7,18,21,24-25H,4-5H2,1H3,(H,26,27,28)/t18-,19+,20+/m1/s1. The van der Waals surface area contributed by atoms with Crippen molar-refractivity contribution in [3.8, 4) is 11.5 Å². The number of carbonyl (C=O) groups is 2. The first-order valence-corrected chi connectivity index (χ1v) is 10.6. The van der Waals surface area contributed by atoms with Crippen LogP contribution in [0.4, 0.5) is 0 Å². The van der Waals surface area contributed by atoms with Gasteiger partial charge in [0, 0.05) is 33.7 Å². The minimum absolute atomic E-state index is 0.0198. The molecule has 2 aromatic carbocycles. The van der Waals surface area contributed by atoms with Crippen molar-refractivity contribution in [3.05, 3.63) is 46.5 Å². The fourth-order valence-corrected chi connectivity index (χ4v) is 5.33. The lowest BCUT2D eigenvalue weighted by Gasteiger charge is -2.45. The topological polar surface area (TPSA) is 168 Å². The van der Waals surface area contributed by atoms with Crippen molar-refractivity contribution in [2.75, 3.05) is 0 Å². The molecule has 4 N–H and O–H groups in total. The Morgan fingerprint density at radius 2 is 1.90 bits per heavy atom. The number of phenolic OH excluding ortho intramolecular Hbond substituents is 1. The SMILES string of the molecule is C[C@@]12CCC(=O)C3=C1[C@](O)(O[C@H]3O)C(=O)c1cc3c(O)ccc(OS(=O)(=O)O)c3cc12. The number of rotatable bonds is 2. The molecule has 0 saturated carbocycles. The van der Waals surface area contributed by atoms with Crippen LogP contribution in [0.15, 0.2) is 35.4 Å². The third-order valence-corrected chi connectivity index (χ3v) is 6.67. The van der Waals surface area contributed by atoms with Crippen LogP contribution in [0.5, 0.6) is 11.5 Å². The molecule has 0 radical (unpaired) electrons. The zero-order chi connectivity index (χ0) is 22.5. The van der Waals surface area contributed by atoms with E-state index < -0.39 is 39.5 Å². The highest BCUT2D eigenvalue weighted by molar-refractivity contribution is 7.81. The number of aliphatic hydroxyl groups excluding tert-OH is 1. The van der Waals surface area contributed by atoms with Gasteiger partial charge in [0.25, 0.3) is 5.79 Å². The van der Waals surface area contributed by atoms with E-state index in [4.69, 9.17) is 9.29 Å². The van der Waals surface area contributed by atoms with Gasteiger partial charge in [0.05, 0.1) is 5.57 Å². The Kier molecular flexibility index (Phi) is 3.82. The third kappa shape index (κ3) is 2.55. The Labute approximate surface area is 175 Å². The van der Waals surface area contributed by atoms with Crippen molar-refractivity contribution >= 4 is 32.7 Å². The molecule has 0 unspecified atom stereocenters. The number of hydrogen-bond acceptors (Lipinski definition) is 9. The number of hydrogen-bond donors (Lipinski definition) is 4. The molecule has 0 amide bonds. The molecule has 31 heavy (non-hydrogen) atoms. The van der Waals surface area contributed by atoms with Crippen LogP contribution >= 0.6 is 0 Å². The van der Waals surface area contributed by atoms with E-state index in [-0.39, 0.29) is 51.8 Å². The second-order valence-electron chi connectivity index (χ2n) is 8.02. The summed E-state index contributed by atoms with van der Waals surface area (Å²) in [4.78, 5) is 25.7. The molecule has 1 heterocycles. The number of carbonyl (C=O) groups excluding carboxylic acids is 2. The van der Waals surface area contributed by atoms with Crippen LogP contribution in [0.2, 0.25) is 0 Å². The summed E-state index contributed by atoms with van der Waals surface area (Å²) in [6.07, 6.45) is -1.57. The van der Waals surface area contributed by atoms with Gasteiger partial charge < -0.3 is 24.2 Å². The van der Waals surface area contributed by atoms with Crippen molar-refractivity contribution in [2.45, 2.75) is 37.3 Å². The maximum Gasteiger partial charge on any atom is 0.446 e. The van der Waals surface area contributed by atoms with E-state index in [0.29, 0.717) is 5.56 Å². The molecule has 2 aliphatic carbocycles. The predicted octanol–water partition coefficient (Wildman–Crippen LogP) is 0.878. The molecule has 162 valence electrons. The van der Waals surface area contributed by atoms with E-state index in [1.807, 2.05) is 0 Å². The van der Waals surface area contributed by atoms with Crippen molar-refractivity contribution in [1.29, 1.82) is 0 Å². The maximum atomic E-state index is 13.2. The number of benzene rings is 2. The van der Waals surface area contributed by atoms with Crippen LogP contribution in [-0.4, -0.2) is 51.9 Å². The van der Waals surface area contributed by atoms with Gasteiger partial charge in [0.2, 0.25) is 5.78 Å². The van der Waals surface area contributed by atoms with E-state index >= 15 is 0 Å². The van der Waals surface area contributed by atoms with Crippen LogP contribution < -0.4 is 4.18 Å². The van der Waals surface area contributed by atoms with Gasteiger partial charge in [-0.05, 0) is 36.2 Å². The molecule has 0 saturated heterocycles. The van der Waals surface area contributed by atoms with E-state index in [1.165, 1.54) is 12.1 Å². The van der Waals surface area contributed by atoms with Crippen molar-refractivity contribution in [1.82, 2.24) is 0 Å². The molecule has 0 spiro atoms. The lowest BCUT2D eigenvalue weighted by Crippen LogP contribution is -2.53. The van der Waals surface area contributed by atoms with Gasteiger partial charge in [0.15, 0.2) is 17.8 Å². The van der Waals surface area contributed by atoms with Gasteiger partial charge in [-0.25, -0.2) is 0 Å². The molecule has 11 heteroatoms. The Balaban J connectivity index is 1.88. The minimum atomic E-state index is -4.88. The van der Waals surface area contributed by atoms with Crippen LogP contribution in [0.3, 0.4) is 0 Å². The molecule has 2 aromatic rings. The first kappa shape index (κ1) is 20.1. The summed E-state index contributed by atoms with van der Waals surface area (Å²) in [6, 6.07) is 4.92. The molecule has 5 rings (SSSR count). The monoisotopic (exact) mass is 448 g/mol. The first-order valence-electron chi connectivity index (χ1n) is 9.25. The van der Waals surface area contributed by atoms with Gasteiger partial charge in [-0.2, -0.15) is 8.42 Å². The van der Waals surface area contributed by atoms with Crippen molar-refractivity contribution in [3.63, 3.8) is 0 Å². The van der Waals surface area contributed by atoms with Crippen LogP contribution in [0, 0.1) is 0 Å². The normalized spacial score (nSPS) is 29.9. The Morgan fingerprint density at radius 1 is 1.19 bits per heavy atom. The van der Waals surface area contributed by atoms with Gasteiger partial charge in [-0.3, -0.25) is 14.1 Å². The van der Waals surface area contributed by atoms with Gasteiger partial charge in [-0.1, -0.05) is 6.92 Å². The fraction of sp³-hybridized carbons (Fsp3) is 0.300. The molecule has 0 fully saturated rings. The highest BCUT2D eigenvalue weighted by Gasteiger charge is 2.64. The molecular weight excluding hydrogens is 432 g/mol. The summed E-state index contributed by atoms with van der Waals surface area (Å²) in [7, 11) is -4.88. The molecule has 0 bridgehead atoms. The smallest absolute Gasteiger partial charge is 0.446 e. The number of Topliss-reactive ketones (excluding diaryl/α,β-unsaturated/α-hetero) is 2. The highest BCUT2D eigenvalue weighted by Crippen LogP contribution is 2.57. The lowest BCUT2D eigenvalue weighted by molar-refractivity contribution is -0.201. The first-order chi connectivity index (χ1) is 14.4. The number of aliphatic hydroxyl groups is 2. The number of ether oxygens (including phenoxy) is 1. The largest absolute Gasteiger partial charge is 0.507 e.